The van der Waals surface area contributed by atoms with Crippen molar-refractivity contribution < 1.29 is 19.4 Å². The molecule has 1 fully saturated rings. The molecule has 17 heavy (non-hydrogen) atoms. The summed E-state index contributed by atoms with van der Waals surface area (Å²) in [4.78, 5) is 18.4. The van der Waals surface area contributed by atoms with Gasteiger partial charge in [0.2, 0.25) is 0 Å². The van der Waals surface area contributed by atoms with E-state index in [0.29, 0.717) is 0 Å². The molecule has 1 aliphatic rings. The molecule has 1 aliphatic carbocycles. The van der Waals surface area contributed by atoms with Crippen molar-refractivity contribution in [3.8, 4) is 0 Å². The maximum atomic E-state index is 10.0. The highest BCUT2D eigenvalue weighted by atomic mass is 16.6. The molecule has 0 unspecified atom stereocenters. The van der Waals surface area contributed by atoms with Crippen LogP contribution in [-0.2, 0) is 9.53 Å². The number of primary amides is 1. The predicted octanol–water partition coefficient (Wildman–Crippen LogP) is 2.92. The third-order valence-corrected chi connectivity index (χ3v) is 1.91. The lowest BCUT2D eigenvalue weighted by atomic mass is 10.0. The van der Waals surface area contributed by atoms with E-state index in [0.717, 1.165) is 0 Å². The molecule has 0 atom stereocenters. The maximum absolute atomic E-state index is 10.0. The van der Waals surface area contributed by atoms with Crippen molar-refractivity contribution in [2.45, 2.75) is 64.9 Å². The number of carbonyl (C=O) groups excluding carboxylic acids is 1. The normalized spacial score (nSPS) is 14.3. The number of carbonyl (C=O) groups is 2. The van der Waals surface area contributed by atoms with Gasteiger partial charge in [-0.1, -0.05) is 38.5 Å². The zero-order valence-electron chi connectivity index (χ0n) is 11.1. The Morgan fingerprint density at radius 3 is 1.41 bits per heavy atom. The van der Waals surface area contributed by atoms with Crippen LogP contribution in [0.2, 0.25) is 0 Å². The third-order valence-electron chi connectivity index (χ3n) is 1.91. The predicted molar refractivity (Wildman–Crippen MR) is 66.8 cm³/mol. The van der Waals surface area contributed by atoms with E-state index in [4.69, 9.17) is 15.6 Å². The maximum Gasteiger partial charge on any atom is 0.405 e. The van der Waals surface area contributed by atoms with Gasteiger partial charge in [-0.25, -0.2) is 4.79 Å². The number of rotatable bonds is 0. The molecular formula is C12H25NO4. The molecule has 0 spiro atoms. The van der Waals surface area contributed by atoms with E-state index in [1.54, 1.807) is 20.8 Å². The lowest BCUT2D eigenvalue weighted by molar-refractivity contribution is -0.122. The average Bonchev–Trinajstić information content (AvgIpc) is 2.18. The topological polar surface area (TPSA) is 89.6 Å². The van der Waals surface area contributed by atoms with Gasteiger partial charge in [0.05, 0.1) is 0 Å². The quantitative estimate of drug-likeness (QED) is 0.644. The van der Waals surface area contributed by atoms with Crippen LogP contribution in [0, 0.1) is 0 Å². The standard InChI is InChI=1S/C6H12.C5H11NO2.CH2O2/c1-2-4-6-5-3-1;1-5(2,3)8-4(6)7;2-1-3/h1-6H2;1-3H3,(H2,6,7);1H,(H,2,3). The first kappa shape index (κ1) is 18.1. The van der Waals surface area contributed by atoms with Crippen LogP contribution in [0.3, 0.4) is 0 Å². The van der Waals surface area contributed by atoms with E-state index in [1.165, 1.54) is 38.5 Å². The van der Waals surface area contributed by atoms with Crippen molar-refractivity contribution in [1.82, 2.24) is 0 Å². The molecule has 1 amide bonds. The van der Waals surface area contributed by atoms with Crippen LogP contribution >= 0.6 is 0 Å². The highest BCUT2D eigenvalue weighted by molar-refractivity contribution is 5.65. The number of hydrogen-bond acceptors (Lipinski definition) is 3. The zero-order valence-corrected chi connectivity index (χ0v) is 11.1. The van der Waals surface area contributed by atoms with Gasteiger partial charge in [-0.2, -0.15) is 0 Å². The van der Waals surface area contributed by atoms with Gasteiger partial charge in [0, 0.05) is 0 Å². The molecule has 0 saturated heterocycles. The van der Waals surface area contributed by atoms with Crippen LogP contribution in [0.5, 0.6) is 0 Å². The van der Waals surface area contributed by atoms with Crippen molar-refractivity contribution in [2.75, 3.05) is 0 Å². The Balaban J connectivity index is 0. The van der Waals surface area contributed by atoms with Gasteiger partial charge < -0.3 is 15.6 Å². The Kier molecular flexibility index (Phi) is 12.0. The van der Waals surface area contributed by atoms with Crippen LogP contribution in [0.15, 0.2) is 0 Å². The van der Waals surface area contributed by atoms with Crippen molar-refractivity contribution in [3.63, 3.8) is 0 Å². The molecule has 5 heteroatoms. The molecule has 0 aliphatic heterocycles. The van der Waals surface area contributed by atoms with Crippen molar-refractivity contribution in [3.05, 3.63) is 0 Å². The van der Waals surface area contributed by atoms with E-state index >= 15 is 0 Å². The van der Waals surface area contributed by atoms with E-state index < -0.39 is 11.7 Å². The number of amides is 1. The SMILES string of the molecule is C1CCCCC1.CC(C)(C)OC(N)=O.O=CO. The Morgan fingerprint density at radius 2 is 1.35 bits per heavy atom. The lowest BCUT2D eigenvalue weighted by Gasteiger charge is -2.16. The van der Waals surface area contributed by atoms with Crippen LogP contribution in [0.1, 0.15) is 59.3 Å². The van der Waals surface area contributed by atoms with Gasteiger partial charge in [0.15, 0.2) is 0 Å². The van der Waals surface area contributed by atoms with Gasteiger partial charge in [-0.3, -0.25) is 4.79 Å². The second-order valence-electron chi connectivity index (χ2n) is 4.76. The Labute approximate surface area is 103 Å². The van der Waals surface area contributed by atoms with E-state index in [-0.39, 0.29) is 6.47 Å². The van der Waals surface area contributed by atoms with Gasteiger partial charge in [-0.05, 0) is 20.8 Å². The molecule has 1 saturated carbocycles. The summed E-state index contributed by atoms with van der Waals surface area (Å²) < 4.78 is 4.58. The molecular weight excluding hydrogens is 222 g/mol. The number of nitrogens with two attached hydrogens (primary N) is 1. The van der Waals surface area contributed by atoms with Crippen LogP contribution in [0.4, 0.5) is 4.79 Å². The summed E-state index contributed by atoms with van der Waals surface area (Å²) in [5.41, 5.74) is 4.26. The molecule has 0 bridgehead atoms. The van der Waals surface area contributed by atoms with Gasteiger partial charge in [-0.15, -0.1) is 0 Å². The van der Waals surface area contributed by atoms with Crippen molar-refractivity contribution in [2.24, 2.45) is 5.73 Å². The Morgan fingerprint density at radius 1 is 1.12 bits per heavy atom. The first-order chi connectivity index (χ1) is 7.83. The highest BCUT2D eigenvalue weighted by Crippen LogP contribution is 2.15. The summed E-state index contributed by atoms with van der Waals surface area (Å²) in [6, 6.07) is 0. The monoisotopic (exact) mass is 247 g/mol. The number of ether oxygens (including phenoxy) is 1. The van der Waals surface area contributed by atoms with Crippen LogP contribution < -0.4 is 5.73 Å². The number of hydrogen-bond donors (Lipinski definition) is 2. The third kappa shape index (κ3) is 25.2. The molecule has 102 valence electrons. The van der Waals surface area contributed by atoms with Crippen LogP contribution in [-0.4, -0.2) is 23.3 Å². The lowest BCUT2D eigenvalue weighted by Crippen LogP contribution is -2.27. The fourth-order valence-electron chi connectivity index (χ4n) is 1.36. The fraction of sp³-hybridized carbons (Fsp3) is 0.833. The minimum absolute atomic E-state index is 0.250. The Hall–Kier alpha value is -1.26. The smallest absolute Gasteiger partial charge is 0.405 e. The van der Waals surface area contributed by atoms with Gasteiger partial charge in [0.1, 0.15) is 5.60 Å². The van der Waals surface area contributed by atoms with E-state index in [9.17, 15) is 4.79 Å². The second kappa shape index (κ2) is 11.2. The van der Waals surface area contributed by atoms with Gasteiger partial charge >= 0.3 is 6.09 Å². The summed E-state index contributed by atoms with van der Waals surface area (Å²) >= 11 is 0. The summed E-state index contributed by atoms with van der Waals surface area (Å²) in [5.74, 6) is 0. The molecule has 3 N–H and O–H groups in total. The summed E-state index contributed by atoms with van der Waals surface area (Å²) in [7, 11) is 0. The first-order valence-corrected chi connectivity index (χ1v) is 5.89. The molecule has 0 heterocycles. The summed E-state index contributed by atoms with van der Waals surface area (Å²) in [5, 5.41) is 6.89. The van der Waals surface area contributed by atoms with Crippen molar-refractivity contribution in [1.29, 1.82) is 0 Å². The molecule has 1 rings (SSSR count). The molecule has 5 nitrogen and oxygen atoms in total. The second-order valence-corrected chi connectivity index (χ2v) is 4.76. The number of carboxylic acid groups (broad SMARTS) is 1. The fourth-order valence-corrected chi connectivity index (χ4v) is 1.36. The largest absolute Gasteiger partial charge is 0.483 e. The first-order valence-electron chi connectivity index (χ1n) is 5.89. The zero-order chi connectivity index (χ0) is 13.7. The van der Waals surface area contributed by atoms with E-state index in [1.807, 2.05) is 0 Å². The average molecular weight is 247 g/mol. The minimum Gasteiger partial charge on any atom is -0.483 e. The summed E-state index contributed by atoms with van der Waals surface area (Å²) in [6.45, 7) is 5.04. The Bertz CT molecular complexity index is 184. The van der Waals surface area contributed by atoms with E-state index in [2.05, 4.69) is 4.74 Å². The molecule has 0 aromatic rings. The van der Waals surface area contributed by atoms with Crippen molar-refractivity contribution >= 4 is 12.6 Å². The molecule has 0 radical (unpaired) electrons. The molecule has 0 aromatic carbocycles. The van der Waals surface area contributed by atoms with Gasteiger partial charge in [0.25, 0.3) is 6.47 Å². The minimum atomic E-state index is -0.725. The molecule has 0 aromatic heterocycles. The van der Waals surface area contributed by atoms with Crippen LogP contribution in [0.25, 0.3) is 0 Å². The summed E-state index contributed by atoms with van der Waals surface area (Å²) in [6.07, 6.45) is 8.28. The highest BCUT2D eigenvalue weighted by Gasteiger charge is 2.12.